The first-order chi connectivity index (χ1) is 4.84. The smallest absolute Gasteiger partial charge is 0.155 e. The number of hydrogen-bond acceptors (Lipinski definition) is 2. The Labute approximate surface area is 81.7 Å². The lowest BCUT2D eigenvalue weighted by atomic mass is 10.9. The molecule has 0 radical (unpaired) electrons. The van der Waals surface area contributed by atoms with E-state index in [1.54, 1.807) is 24.3 Å². The molecule has 0 spiro atoms. The predicted molar refractivity (Wildman–Crippen MR) is 52.5 cm³/mol. The second kappa shape index (κ2) is 5.75. The summed E-state index contributed by atoms with van der Waals surface area (Å²) in [5.74, 6) is 1.02. The van der Waals surface area contributed by atoms with Gasteiger partial charge in [-0.1, -0.05) is 18.5 Å². The summed E-state index contributed by atoms with van der Waals surface area (Å²) in [7, 11) is 0. The average molecular weight is 213 g/mol. The van der Waals surface area contributed by atoms with Gasteiger partial charge in [0.05, 0.1) is 6.33 Å². The number of halogens is 2. The Morgan fingerprint density at radius 3 is 2.91 bits per heavy atom. The molecule has 0 N–H and O–H groups in total. The summed E-state index contributed by atoms with van der Waals surface area (Å²) in [5.41, 5.74) is 0. The molecular formula is C6H10Cl2N2S. The molecule has 0 aliphatic heterocycles. The fraction of sp³-hybridized carbons (Fsp3) is 0.500. The van der Waals surface area contributed by atoms with Gasteiger partial charge in [-0.2, -0.15) is 0 Å². The van der Waals surface area contributed by atoms with Gasteiger partial charge < -0.3 is 4.57 Å². The summed E-state index contributed by atoms with van der Waals surface area (Å²) in [5, 5.41) is 0. The lowest BCUT2D eigenvalue weighted by Crippen LogP contribution is -1.94. The summed E-state index contributed by atoms with van der Waals surface area (Å²) < 4.78 is 1.87. The topological polar surface area (TPSA) is 17.8 Å². The predicted octanol–water partition coefficient (Wildman–Crippen LogP) is 2.75. The largest absolute Gasteiger partial charge is 0.312 e. The van der Waals surface area contributed by atoms with Crippen LogP contribution in [0.3, 0.4) is 0 Å². The Bertz CT molecular complexity index is 179. The number of thioether (sulfide) groups is 1. The van der Waals surface area contributed by atoms with Crippen molar-refractivity contribution in [2.75, 3.05) is 5.75 Å². The van der Waals surface area contributed by atoms with E-state index >= 15 is 0 Å². The van der Waals surface area contributed by atoms with Gasteiger partial charge in [0, 0.05) is 12.4 Å². The van der Waals surface area contributed by atoms with Crippen molar-refractivity contribution in [3.8, 4) is 0 Å². The van der Waals surface area contributed by atoms with E-state index in [2.05, 4.69) is 11.9 Å². The zero-order chi connectivity index (χ0) is 7.40. The summed E-state index contributed by atoms with van der Waals surface area (Å²) in [4.78, 5) is 3.88. The van der Waals surface area contributed by atoms with Crippen LogP contribution in [0.5, 0.6) is 0 Å². The van der Waals surface area contributed by atoms with E-state index in [0.29, 0.717) is 0 Å². The molecule has 1 aromatic rings. The van der Waals surface area contributed by atoms with Gasteiger partial charge in [0.15, 0.2) is 4.83 Å². The second-order valence-corrected chi connectivity index (χ2v) is 3.79. The molecule has 0 saturated carbocycles. The van der Waals surface area contributed by atoms with Crippen LogP contribution in [0.15, 0.2) is 18.7 Å². The highest BCUT2D eigenvalue weighted by molar-refractivity contribution is 8.00. The molecule has 0 fully saturated rings. The Balaban J connectivity index is 0.000001000. The quantitative estimate of drug-likeness (QED) is 0.718. The fourth-order valence-corrected chi connectivity index (χ4v) is 1.68. The van der Waals surface area contributed by atoms with Crippen LogP contribution in [0.25, 0.3) is 0 Å². The van der Waals surface area contributed by atoms with Gasteiger partial charge in [-0.05, 0) is 5.75 Å². The fourth-order valence-electron chi connectivity index (χ4n) is 0.613. The van der Waals surface area contributed by atoms with E-state index < -0.39 is 0 Å². The molecule has 1 atom stereocenters. The third-order valence-corrected chi connectivity index (χ3v) is 2.52. The SMILES string of the molecule is CCSC(Cl)n1ccnc1.Cl. The van der Waals surface area contributed by atoms with Crippen LogP contribution in [0, 0.1) is 0 Å². The van der Waals surface area contributed by atoms with Crippen LogP contribution in [-0.4, -0.2) is 15.3 Å². The summed E-state index contributed by atoms with van der Waals surface area (Å²) in [6, 6.07) is 0. The molecule has 1 aromatic heterocycles. The number of alkyl halides is 1. The molecular weight excluding hydrogens is 203 g/mol. The monoisotopic (exact) mass is 212 g/mol. The maximum absolute atomic E-state index is 5.93. The minimum absolute atomic E-state index is 0. The highest BCUT2D eigenvalue weighted by Gasteiger charge is 2.02. The minimum Gasteiger partial charge on any atom is -0.312 e. The first kappa shape index (κ1) is 11.1. The van der Waals surface area contributed by atoms with Crippen LogP contribution in [0.2, 0.25) is 0 Å². The van der Waals surface area contributed by atoms with E-state index in [-0.39, 0.29) is 17.2 Å². The third kappa shape index (κ3) is 3.36. The molecule has 1 heterocycles. The lowest BCUT2D eigenvalue weighted by Gasteiger charge is -2.07. The molecule has 64 valence electrons. The van der Waals surface area contributed by atoms with Gasteiger partial charge in [0.1, 0.15) is 0 Å². The Morgan fingerprint density at radius 2 is 2.45 bits per heavy atom. The van der Waals surface area contributed by atoms with Crippen LogP contribution >= 0.6 is 35.8 Å². The molecule has 1 rings (SSSR count). The van der Waals surface area contributed by atoms with Crippen molar-refractivity contribution in [3.63, 3.8) is 0 Å². The van der Waals surface area contributed by atoms with Crippen molar-refractivity contribution >= 4 is 35.8 Å². The zero-order valence-corrected chi connectivity index (χ0v) is 8.49. The van der Waals surface area contributed by atoms with Gasteiger partial charge in [-0.15, -0.1) is 24.2 Å². The van der Waals surface area contributed by atoms with Crippen LogP contribution in [0.4, 0.5) is 0 Å². The second-order valence-electron chi connectivity index (χ2n) is 1.76. The first-order valence-electron chi connectivity index (χ1n) is 3.07. The van der Waals surface area contributed by atoms with E-state index in [1.807, 2.05) is 10.8 Å². The molecule has 0 aromatic carbocycles. The summed E-state index contributed by atoms with van der Waals surface area (Å²) >= 11 is 7.61. The number of imidazole rings is 1. The van der Waals surface area contributed by atoms with Gasteiger partial charge >= 0.3 is 0 Å². The minimum atomic E-state index is -0.00694. The molecule has 0 aliphatic carbocycles. The molecule has 1 unspecified atom stereocenters. The van der Waals surface area contributed by atoms with Crippen molar-refractivity contribution in [3.05, 3.63) is 18.7 Å². The maximum Gasteiger partial charge on any atom is 0.155 e. The van der Waals surface area contributed by atoms with Crippen molar-refractivity contribution < 1.29 is 0 Å². The molecule has 11 heavy (non-hydrogen) atoms. The van der Waals surface area contributed by atoms with E-state index in [9.17, 15) is 0 Å². The molecule has 0 bridgehead atoms. The Morgan fingerprint density at radius 1 is 1.73 bits per heavy atom. The highest BCUT2D eigenvalue weighted by atomic mass is 35.5. The van der Waals surface area contributed by atoms with Gasteiger partial charge in [0.2, 0.25) is 0 Å². The zero-order valence-electron chi connectivity index (χ0n) is 6.11. The molecule has 0 aliphatic rings. The van der Waals surface area contributed by atoms with E-state index in [1.165, 1.54) is 0 Å². The highest BCUT2D eigenvalue weighted by Crippen LogP contribution is 2.25. The summed E-state index contributed by atoms with van der Waals surface area (Å²) in [6.07, 6.45) is 5.31. The lowest BCUT2D eigenvalue weighted by molar-refractivity contribution is 0.860. The van der Waals surface area contributed by atoms with Crippen LogP contribution < -0.4 is 0 Å². The number of nitrogens with zero attached hydrogens (tertiary/aromatic N) is 2. The molecule has 5 heteroatoms. The molecule has 0 saturated heterocycles. The third-order valence-electron chi connectivity index (χ3n) is 1.06. The Kier molecular flexibility index (Phi) is 5.82. The van der Waals surface area contributed by atoms with Gasteiger partial charge in [-0.3, -0.25) is 0 Å². The summed E-state index contributed by atoms with van der Waals surface area (Å²) in [6.45, 7) is 2.08. The van der Waals surface area contributed by atoms with Crippen LogP contribution in [-0.2, 0) is 0 Å². The number of rotatable bonds is 3. The number of aromatic nitrogens is 2. The van der Waals surface area contributed by atoms with Crippen molar-refractivity contribution in [1.29, 1.82) is 0 Å². The average Bonchev–Trinajstić information content (AvgIpc) is 2.38. The standard InChI is InChI=1S/C6H9ClN2S.ClH/c1-2-10-6(7)9-4-3-8-5-9;/h3-6H,2H2,1H3;1H. The number of hydrogen-bond donors (Lipinski definition) is 0. The van der Waals surface area contributed by atoms with Gasteiger partial charge in [-0.25, -0.2) is 4.98 Å². The Hall–Kier alpha value is 0.140. The normalized spacial score (nSPS) is 12.2. The van der Waals surface area contributed by atoms with E-state index in [4.69, 9.17) is 11.6 Å². The van der Waals surface area contributed by atoms with E-state index in [0.717, 1.165) is 5.75 Å². The molecule has 0 amide bonds. The van der Waals surface area contributed by atoms with Crippen molar-refractivity contribution in [1.82, 2.24) is 9.55 Å². The molecule has 2 nitrogen and oxygen atoms in total. The van der Waals surface area contributed by atoms with Gasteiger partial charge in [0.25, 0.3) is 0 Å². The van der Waals surface area contributed by atoms with Crippen LogP contribution in [0.1, 0.15) is 11.8 Å². The first-order valence-corrected chi connectivity index (χ1v) is 4.56. The van der Waals surface area contributed by atoms with Crippen molar-refractivity contribution in [2.45, 2.75) is 11.8 Å². The maximum atomic E-state index is 5.93. The van der Waals surface area contributed by atoms with Crippen molar-refractivity contribution in [2.24, 2.45) is 0 Å².